The van der Waals surface area contributed by atoms with Crippen LogP contribution in [0.15, 0.2) is 30.3 Å². The summed E-state index contributed by atoms with van der Waals surface area (Å²) >= 11 is 0. The van der Waals surface area contributed by atoms with Gasteiger partial charge in [0, 0.05) is 25.6 Å². The van der Waals surface area contributed by atoms with Crippen molar-refractivity contribution in [3.8, 4) is 0 Å². The largest absolute Gasteiger partial charge is 0.453 e. The number of rotatable bonds is 4. The van der Waals surface area contributed by atoms with Gasteiger partial charge in [-0.15, -0.1) is 15.3 Å². The Labute approximate surface area is 175 Å². The smallest absolute Gasteiger partial charge is 0.355 e. The number of aromatic nitrogens is 4. The lowest BCUT2D eigenvalue weighted by molar-refractivity contribution is -0.146. The predicted octanol–water partition coefficient (Wildman–Crippen LogP) is 3.12. The van der Waals surface area contributed by atoms with Crippen LogP contribution in [0.3, 0.4) is 0 Å². The number of hydrogen-bond donors (Lipinski definition) is 1. The first-order chi connectivity index (χ1) is 14.7. The number of alkyl halides is 3. The maximum Gasteiger partial charge on any atom is 0.453 e. The summed E-state index contributed by atoms with van der Waals surface area (Å²) < 4.78 is 53.5. The quantitative estimate of drug-likeness (QED) is 0.636. The fourth-order valence-electron chi connectivity index (χ4n) is 3.58. The van der Waals surface area contributed by atoms with Crippen molar-refractivity contribution in [3.05, 3.63) is 53.1 Å². The van der Waals surface area contributed by atoms with Gasteiger partial charge in [-0.2, -0.15) is 17.7 Å². The van der Waals surface area contributed by atoms with E-state index in [0.29, 0.717) is 47.4 Å². The van der Waals surface area contributed by atoms with Crippen molar-refractivity contribution in [3.63, 3.8) is 0 Å². The summed E-state index contributed by atoms with van der Waals surface area (Å²) in [6.45, 7) is 2.85. The van der Waals surface area contributed by atoms with Crippen molar-refractivity contribution in [2.45, 2.75) is 32.5 Å². The molecule has 164 valence electrons. The van der Waals surface area contributed by atoms with Gasteiger partial charge in [0.05, 0.1) is 0 Å². The van der Waals surface area contributed by atoms with E-state index in [9.17, 15) is 22.4 Å². The average molecular weight is 436 g/mol. The molecule has 1 amide bonds. The Morgan fingerprint density at radius 2 is 1.90 bits per heavy atom. The van der Waals surface area contributed by atoms with Crippen LogP contribution in [-0.4, -0.2) is 38.8 Å². The maximum atomic E-state index is 13.6. The third kappa shape index (κ3) is 4.44. The molecule has 0 unspecified atom stereocenters. The lowest BCUT2D eigenvalue weighted by Crippen LogP contribution is -2.40. The first kappa shape index (κ1) is 21.0. The van der Waals surface area contributed by atoms with Gasteiger partial charge in [0.2, 0.25) is 5.91 Å². The van der Waals surface area contributed by atoms with E-state index in [4.69, 9.17) is 0 Å². The molecule has 1 N–H and O–H groups in total. The highest BCUT2D eigenvalue weighted by molar-refractivity contribution is 5.79. The highest BCUT2D eigenvalue weighted by atomic mass is 19.4. The minimum Gasteiger partial charge on any atom is -0.355 e. The summed E-state index contributed by atoms with van der Waals surface area (Å²) in [4.78, 5) is 14.3. The van der Waals surface area contributed by atoms with Gasteiger partial charge in [0.1, 0.15) is 11.6 Å². The summed E-state index contributed by atoms with van der Waals surface area (Å²) in [5.74, 6) is -1.47. The zero-order valence-electron chi connectivity index (χ0n) is 16.7. The molecule has 3 heterocycles. The van der Waals surface area contributed by atoms with Crippen LogP contribution < -0.4 is 10.2 Å². The molecule has 1 fully saturated rings. The van der Waals surface area contributed by atoms with E-state index in [2.05, 4.69) is 20.6 Å². The molecule has 0 atom stereocenters. The van der Waals surface area contributed by atoms with Gasteiger partial charge >= 0.3 is 6.18 Å². The number of halogens is 4. The Bertz CT molecular complexity index is 1100. The van der Waals surface area contributed by atoms with Crippen LogP contribution in [0.1, 0.15) is 29.8 Å². The van der Waals surface area contributed by atoms with E-state index >= 15 is 0 Å². The molecule has 0 saturated carbocycles. The third-order valence-corrected chi connectivity index (χ3v) is 5.40. The van der Waals surface area contributed by atoms with Gasteiger partial charge in [-0.05, 0) is 49.1 Å². The lowest BCUT2D eigenvalue weighted by Gasteiger charge is -2.32. The number of benzene rings is 1. The first-order valence-electron chi connectivity index (χ1n) is 9.80. The second-order valence-corrected chi connectivity index (χ2v) is 7.55. The summed E-state index contributed by atoms with van der Waals surface area (Å²) in [5.41, 5.74) is 1.24. The molecule has 4 rings (SSSR count). The number of piperidine rings is 1. The van der Waals surface area contributed by atoms with E-state index in [1.807, 2.05) is 4.90 Å². The first-order valence-corrected chi connectivity index (χ1v) is 9.80. The van der Waals surface area contributed by atoms with Crippen LogP contribution in [0.25, 0.3) is 5.65 Å². The highest BCUT2D eigenvalue weighted by Crippen LogP contribution is 2.28. The standard InChI is InChI=1S/C20H20F4N6O/c1-12-2-3-13(10-15(12)21)11-25-18(31)14-6-8-29(9-7-14)17-5-4-16-26-27-19(20(22,23)24)30(16)28-17/h2-5,10,14H,6-9,11H2,1H3,(H,25,31). The number of carbonyl (C=O) groups excluding carboxylic acids is 1. The Morgan fingerprint density at radius 3 is 2.58 bits per heavy atom. The second-order valence-electron chi connectivity index (χ2n) is 7.55. The second kappa shape index (κ2) is 8.12. The van der Waals surface area contributed by atoms with Crippen LogP contribution in [0.2, 0.25) is 0 Å². The van der Waals surface area contributed by atoms with Gasteiger partial charge in [-0.3, -0.25) is 4.79 Å². The molecule has 0 bridgehead atoms. The van der Waals surface area contributed by atoms with Crippen molar-refractivity contribution < 1.29 is 22.4 Å². The minimum absolute atomic E-state index is 0.0119. The SMILES string of the molecule is Cc1ccc(CNC(=O)C2CCN(c3ccc4nnc(C(F)(F)F)n4n3)CC2)cc1F. The van der Waals surface area contributed by atoms with Crippen molar-refractivity contribution in [2.24, 2.45) is 5.92 Å². The molecule has 1 aromatic carbocycles. The van der Waals surface area contributed by atoms with E-state index in [0.717, 1.165) is 0 Å². The fraction of sp³-hybridized carbons (Fsp3) is 0.400. The highest BCUT2D eigenvalue weighted by Gasteiger charge is 2.38. The van der Waals surface area contributed by atoms with Crippen LogP contribution in [0.5, 0.6) is 0 Å². The number of carbonyl (C=O) groups is 1. The van der Waals surface area contributed by atoms with E-state index < -0.39 is 12.0 Å². The summed E-state index contributed by atoms with van der Waals surface area (Å²) in [7, 11) is 0. The van der Waals surface area contributed by atoms with Gasteiger partial charge in [-0.1, -0.05) is 12.1 Å². The van der Waals surface area contributed by atoms with Crippen LogP contribution in [-0.2, 0) is 17.5 Å². The molecule has 31 heavy (non-hydrogen) atoms. The molecule has 0 aliphatic carbocycles. The third-order valence-electron chi connectivity index (χ3n) is 5.40. The van der Waals surface area contributed by atoms with Crippen LogP contribution >= 0.6 is 0 Å². The Kier molecular flexibility index (Phi) is 5.50. The Hall–Kier alpha value is -3.24. The molecule has 1 saturated heterocycles. The lowest BCUT2D eigenvalue weighted by atomic mass is 9.96. The number of nitrogens with zero attached hydrogens (tertiary/aromatic N) is 5. The van der Waals surface area contributed by atoms with Crippen LogP contribution in [0.4, 0.5) is 23.4 Å². The number of nitrogens with one attached hydrogen (secondary N) is 1. The molecule has 1 aliphatic rings. The zero-order chi connectivity index (χ0) is 22.2. The summed E-state index contributed by atoms with van der Waals surface area (Å²) in [6, 6.07) is 7.86. The van der Waals surface area contributed by atoms with Crippen molar-refractivity contribution in [2.75, 3.05) is 18.0 Å². The molecule has 11 heteroatoms. The monoisotopic (exact) mass is 436 g/mol. The molecule has 3 aromatic rings. The molecule has 2 aromatic heterocycles. The van der Waals surface area contributed by atoms with Crippen molar-refractivity contribution >= 4 is 17.4 Å². The Morgan fingerprint density at radius 1 is 1.16 bits per heavy atom. The van der Waals surface area contributed by atoms with Gasteiger partial charge < -0.3 is 10.2 Å². The van der Waals surface area contributed by atoms with Gasteiger partial charge in [-0.25, -0.2) is 4.39 Å². The average Bonchev–Trinajstić information content (AvgIpc) is 3.18. The maximum absolute atomic E-state index is 13.6. The van der Waals surface area contributed by atoms with Crippen molar-refractivity contribution in [1.29, 1.82) is 0 Å². The number of fused-ring (bicyclic) bond motifs is 1. The van der Waals surface area contributed by atoms with E-state index in [1.165, 1.54) is 12.1 Å². The fourth-order valence-corrected chi connectivity index (χ4v) is 3.58. The van der Waals surface area contributed by atoms with E-state index in [1.54, 1.807) is 25.1 Å². The summed E-state index contributed by atoms with van der Waals surface area (Å²) in [5, 5.41) is 13.5. The molecule has 7 nitrogen and oxygen atoms in total. The normalized spacial score (nSPS) is 15.5. The number of aryl methyl sites for hydroxylation is 1. The molecule has 0 spiro atoms. The summed E-state index contributed by atoms with van der Waals surface area (Å²) in [6.07, 6.45) is -3.60. The molecule has 1 aliphatic heterocycles. The molecular formula is C20H20F4N6O. The van der Waals surface area contributed by atoms with Gasteiger partial charge in [0.25, 0.3) is 5.82 Å². The topological polar surface area (TPSA) is 75.4 Å². The predicted molar refractivity (Wildman–Crippen MR) is 104 cm³/mol. The molecular weight excluding hydrogens is 416 g/mol. The van der Waals surface area contributed by atoms with Crippen molar-refractivity contribution in [1.82, 2.24) is 25.1 Å². The zero-order valence-corrected chi connectivity index (χ0v) is 16.7. The van der Waals surface area contributed by atoms with Crippen LogP contribution in [0, 0.1) is 18.7 Å². The minimum atomic E-state index is -4.66. The number of anilines is 1. The van der Waals surface area contributed by atoms with E-state index in [-0.39, 0.29) is 29.8 Å². The van der Waals surface area contributed by atoms with Gasteiger partial charge in [0.15, 0.2) is 5.65 Å². The Balaban J connectivity index is 1.37. The molecule has 0 radical (unpaired) electrons. The number of hydrogen-bond acceptors (Lipinski definition) is 5. The number of amides is 1.